The molecule has 0 bridgehead atoms. The Bertz CT molecular complexity index is 682. The fraction of sp³-hybridized carbons (Fsp3) is 0.0769. The van der Waals surface area contributed by atoms with Crippen molar-refractivity contribution in [1.82, 2.24) is 20.1 Å². The first-order valence-electron chi connectivity index (χ1n) is 5.62. The number of hydrogen-bond acceptors (Lipinski definition) is 6. The van der Waals surface area contributed by atoms with E-state index >= 15 is 0 Å². The van der Waals surface area contributed by atoms with Gasteiger partial charge in [-0.15, -0.1) is 0 Å². The van der Waals surface area contributed by atoms with E-state index in [0.29, 0.717) is 23.3 Å². The second-order valence-electron chi connectivity index (χ2n) is 3.74. The first-order valence-corrected chi connectivity index (χ1v) is 5.62. The van der Waals surface area contributed by atoms with Crippen LogP contribution in [0.2, 0.25) is 0 Å². The van der Waals surface area contributed by atoms with Crippen LogP contribution in [0.1, 0.15) is 0 Å². The van der Waals surface area contributed by atoms with Gasteiger partial charge in [-0.25, -0.2) is 4.98 Å². The molecule has 0 radical (unpaired) electrons. The summed E-state index contributed by atoms with van der Waals surface area (Å²) in [7, 11) is 1.52. The zero-order valence-electron chi connectivity index (χ0n) is 10.1. The van der Waals surface area contributed by atoms with Crippen molar-refractivity contribution in [3.63, 3.8) is 0 Å². The van der Waals surface area contributed by atoms with Gasteiger partial charge in [0.2, 0.25) is 11.7 Å². The SMILES string of the molecule is COc1cncc(-c2nc(-c3ccccc3)no2)n1. The molecule has 94 valence electrons. The molecule has 2 heterocycles. The van der Waals surface area contributed by atoms with E-state index in [9.17, 15) is 0 Å². The van der Waals surface area contributed by atoms with Crippen LogP contribution in [-0.2, 0) is 0 Å². The summed E-state index contributed by atoms with van der Waals surface area (Å²) in [5.74, 6) is 1.22. The number of hydrogen-bond donors (Lipinski definition) is 0. The number of aromatic nitrogens is 4. The average molecular weight is 254 g/mol. The predicted octanol–water partition coefficient (Wildman–Crippen LogP) is 2.20. The Morgan fingerprint density at radius 1 is 1.05 bits per heavy atom. The summed E-state index contributed by atoms with van der Waals surface area (Å²) < 4.78 is 10.2. The molecule has 1 aromatic carbocycles. The first kappa shape index (κ1) is 11.3. The highest BCUT2D eigenvalue weighted by molar-refractivity contribution is 5.57. The van der Waals surface area contributed by atoms with Crippen LogP contribution in [0.5, 0.6) is 5.88 Å². The monoisotopic (exact) mass is 254 g/mol. The maximum atomic E-state index is 5.19. The molecular weight excluding hydrogens is 244 g/mol. The van der Waals surface area contributed by atoms with Crippen LogP contribution in [-0.4, -0.2) is 27.2 Å². The zero-order chi connectivity index (χ0) is 13.1. The van der Waals surface area contributed by atoms with Gasteiger partial charge in [-0.05, 0) is 0 Å². The molecule has 0 spiro atoms. The molecule has 0 fully saturated rings. The van der Waals surface area contributed by atoms with Crippen molar-refractivity contribution < 1.29 is 9.26 Å². The molecule has 0 saturated carbocycles. The summed E-state index contributed by atoms with van der Waals surface area (Å²) in [5, 5.41) is 3.92. The van der Waals surface area contributed by atoms with Crippen molar-refractivity contribution in [2.75, 3.05) is 7.11 Å². The molecule has 0 atom stereocenters. The Labute approximate surface area is 109 Å². The molecule has 0 amide bonds. The third-order valence-corrected chi connectivity index (χ3v) is 2.50. The fourth-order valence-corrected chi connectivity index (χ4v) is 1.58. The summed E-state index contributed by atoms with van der Waals surface area (Å²) in [6.07, 6.45) is 3.06. The van der Waals surface area contributed by atoms with Crippen molar-refractivity contribution in [3.8, 4) is 28.9 Å². The van der Waals surface area contributed by atoms with E-state index in [-0.39, 0.29) is 0 Å². The average Bonchev–Trinajstić information content (AvgIpc) is 2.98. The Balaban J connectivity index is 1.97. The van der Waals surface area contributed by atoms with E-state index in [1.807, 2.05) is 30.3 Å². The van der Waals surface area contributed by atoms with Crippen LogP contribution in [0.3, 0.4) is 0 Å². The Morgan fingerprint density at radius 3 is 2.68 bits per heavy atom. The molecule has 0 aliphatic rings. The van der Waals surface area contributed by atoms with Gasteiger partial charge in [0.25, 0.3) is 5.89 Å². The van der Waals surface area contributed by atoms with E-state index in [1.54, 1.807) is 6.20 Å². The van der Waals surface area contributed by atoms with E-state index in [0.717, 1.165) is 5.56 Å². The van der Waals surface area contributed by atoms with Crippen LogP contribution in [0, 0.1) is 0 Å². The molecule has 19 heavy (non-hydrogen) atoms. The van der Waals surface area contributed by atoms with Crippen LogP contribution in [0.25, 0.3) is 23.0 Å². The summed E-state index contributed by atoms with van der Waals surface area (Å²) in [6.45, 7) is 0. The smallest absolute Gasteiger partial charge is 0.278 e. The highest BCUT2D eigenvalue weighted by Gasteiger charge is 2.12. The van der Waals surface area contributed by atoms with Gasteiger partial charge in [-0.1, -0.05) is 35.5 Å². The van der Waals surface area contributed by atoms with Gasteiger partial charge in [-0.3, -0.25) is 4.98 Å². The Hall–Kier alpha value is -2.76. The van der Waals surface area contributed by atoms with Crippen LogP contribution < -0.4 is 4.74 Å². The van der Waals surface area contributed by atoms with Crippen molar-refractivity contribution in [2.45, 2.75) is 0 Å². The zero-order valence-corrected chi connectivity index (χ0v) is 10.1. The number of benzene rings is 1. The lowest BCUT2D eigenvalue weighted by atomic mass is 10.2. The van der Waals surface area contributed by atoms with E-state index in [4.69, 9.17) is 9.26 Å². The minimum Gasteiger partial charge on any atom is -0.480 e. The van der Waals surface area contributed by atoms with Crippen LogP contribution >= 0.6 is 0 Å². The largest absolute Gasteiger partial charge is 0.480 e. The molecule has 0 unspecified atom stereocenters. The fourth-order valence-electron chi connectivity index (χ4n) is 1.58. The van der Waals surface area contributed by atoms with Gasteiger partial charge in [-0.2, -0.15) is 4.98 Å². The third kappa shape index (κ3) is 2.28. The lowest BCUT2D eigenvalue weighted by Crippen LogP contribution is -1.91. The van der Waals surface area contributed by atoms with Gasteiger partial charge in [0, 0.05) is 5.56 Å². The second-order valence-corrected chi connectivity index (χ2v) is 3.74. The molecule has 0 aliphatic heterocycles. The van der Waals surface area contributed by atoms with Crippen LogP contribution in [0.4, 0.5) is 0 Å². The maximum Gasteiger partial charge on any atom is 0.278 e. The molecule has 6 heteroatoms. The predicted molar refractivity (Wildman–Crippen MR) is 67.3 cm³/mol. The number of rotatable bonds is 3. The minimum atomic E-state index is 0.310. The van der Waals surface area contributed by atoms with Crippen LogP contribution in [0.15, 0.2) is 47.2 Å². The number of nitrogens with zero attached hydrogens (tertiary/aromatic N) is 4. The van der Waals surface area contributed by atoms with Crippen molar-refractivity contribution in [1.29, 1.82) is 0 Å². The van der Waals surface area contributed by atoms with Crippen molar-refractivity contribution in [2.24, 2.45) is 0 Å². The number of ether oxygens (including phenoxy) is 1. The second kappa shape index (κ2) is 4.85. The summed E-state index contributed by atoms with van der Waals surface area (Å²) in [5.41, 5.74) is 1.36. The van der Waals surface area contributed by atoms with Gasteiger partial charge >= 0.3 is 0 Å². The quantitative estimate of drug-likeness (QED) is 0.713. The molecular formula is C13H10N4O2. The standard InChI is InChI=1S/C13H10N4O2/c1-18-11-8-14-7-10(15-11)13-16-12(17-19-13)9-5-3-2-4-6-9/h2-8H,1H3. The van der Waals surface area contributed by atoms with Gasteiger partial charge in [0.1, 0.15) is 0 Å². The number of methoxy groups -OCH3 is 1. The molecule has 3 aromatic rings. The molecule has 2 aromatic heterocycles. The lowest BCUT2D eigenvalue weighted by Gasteiger charge is -1.97. The molecule has 3 rings (SSSR count). The summed E-state index contributed by atoms with van der Waals surface area (Å²) >= 11 is 0. The lowest BCUT2D eigenvalue weighted by molar-refractivity contribution is 0.393. The summed E-state index contributed by atoms with van der Waals surface area (Å²) in [6, 6.07) is 9.57. The van der Waals surface area contributed by atoms with Gasteiger partial charge < -0.3 is 9.26 Å². The van der Waals surface area contributed by atoms with E-state index < -0.39 is 0 Å². The van der Waals surface area contributed by atoms with Crippen molar-refractivity contribution >= 4 is 0 Å². The highest BCUT2D eigenvalue weighted by atomic mass is 16.5. The Morgan fingerprint density at radius 2 is 1.89 bits per heavy atom. The minimum absolute atomic E-state index is 0.310. The van der Waals surface area contributed by atoms with E-state index in [2.05, 4.69) is 20.1 Å². The molecule has 6 nitrogen and oxygen atoms in total. The van der Waals surface area contributed by atoms with E-state index in [1.165, 1.54) is 13.3 Å². The normalized spacial score (nSPS) is 10.4. The van der Waals surface area contributed by atoms with Crippen molar-refractivity contribution in [3.05, 3.63) is 42.7 Å². The maximum absolute atomic E-state index is 5.19. The first-order chi connectivity index (χ1) is 9.36. The van der Waals surface area contributed by atoms with Gasteiger partial charge in [0.05, 0.1) is 19.5 Å². The molecule has 0 saturated heterocycles. The Kier molecular flexibility index (Phi) is 2.89. The molecule has 0 aliphatic carbocycles. The molecule has 0 N–H and O–H groups in total. The topological polar surface area (TPSA) is 73.9 Å². The highest BCUT2D eigenvalue weighted by Crippen LogP contribution is 2.21. The van der Waals surface area contributed by atoms with Gasteiger partial charge in [0.15, 0.2) is 5.69 Å². The summed E-state index contributed by atoms with van der Waals surface area (Å²) in [4.78, 5) is 12.5. The third-order valence-electron chi connectivity index (χ3n) is 2.50.